The van der Waals surface area contributed by atoms with Crippen molar-refractivity contribution in [2.45, 2.75) is 19.9 Å². The maximum absolute atomic E-state index is 5.52. The highest BCUT2D eigenvalue weighted by Gasteiger charge is 2.21. The minimum Gasteiger partial charge on any atom is -0.497 e. The van der Waals surface area contributed by atoms with Crippen molar-refractivity contribution in [1.29, 1.82) is 0 Å². The van der Waals surface area contributed by atoms with Crippen LogP contribution in [0, 0.1) is 6.92 Å². The summed E-state index contributed by atoms with van der Waals surface area (Å²) < 4.78 is 10.9. The van der Waals surface area contributed by atoms with E-state index in [1.807, 2.05) is 18.2 Å². The van der Waals surface area contributed by atoms with Crippen LogP contribution in [0.2, 0.25) is 0 Å². The minimum atomic E-state index is 0.130. The van der Waals surface area contributed by atoms with Gasteiger partial charge in [0.05, 0.1) is 20.3 Å². The SMILES string of the molecule is CCNC(c1cc(OC)ccc1OC)c1sccc1C. The summed E-state index contributed by atoms with van der Waals surface area (Å²) in [6, 6.07) is 8.21. The van der Waals surface area contributed by atoms with Gasteiger partial charge in [0.1, 0.15) is 11.5 Å². The van der Waals surface area contributed by atoms with Crippen LogP contribution in [0.1, 0.15) is 29.0 Å². The molecule has 1 aromatic heterocycles. The molecule has 2 rings (SSSR count). The zero-order chi connectivity index (χ0) is 14.5. The molecule has 20 heavy (non-hydrogen) atoms. The van der Waals surface area contributed by atoms with Gasteiger partial charge < -0.3 is 14.8 Å². The third kappa shape index (κ3) is 2.97. The summed E-state index contributed by atoms with van der Waals surface area (Å²) in [7, 11) is 3.39. The topological polar surface area (TPSA) is 30.5 Å². The van der Waals surface area contributed by atoms with Crippen molar-refractivity contribution >= 4 is 11.3 Å². The van der Waals surface area contributed by atoms with E-state index >= 15 is 0 Å². The maximum atomic E-state index is 5.52. The number of aryl methyl sites for hydroxylation is 1. The van der Waals surface area contributed by atoms with Crippen LogP contribution in [0.3, 0.4) is 0 Å². The molecule has 0 aliphatic carbocycles. The first kappa shape index (κ1) is 14.9. The molecule has 3 nitrogen and oxygen atoms in total. The van der Waals surface area contributed by atoms with Gasteiger partial charge in [-0.2, -0.15) is 0 Å². The smallest absolute Gasteiger partial charge is 0.124 e. The second-order valence-corrected chi connectivity index (χ2v) is 5.51. The zero-order valence-electron chi connectivity index (χ0n) is 12.4. The number of rotatable bonds is 6. The molecule has 0 saturated heterocycles. The average molecular weight is 291 g/mol. The van der Waals surface area contributed by atoms with Gasteiger partial charge in [-0.1, -0.05) is 6.92 Å². The number of nitrogens with one attached hydrogen (secondary N) is 1. The van der Waals surface area contributed by atoms with Crippen LogP contribution in [0.25, 0.3) is 0 Å². The highest BCUT2D eigenvalue weighted by molar-refractivity contribution is 7.10. The van der Waals surface area contributed by atoms with Crippen LogP contribution in [-0.2, 0) is 0 Å². The lowest BCUT2D eigenvalue weighted by Crippen LogP contribution is -2.22. The first-order valence-corrected chi connectivity index (χ1v) is 7.58. The fourth-order valence-electron chi connectivity index (χ4n) is 2.29. The Hall–Kier alpha value is -1.52. The predicted molar refractivity (Wildman–Crippen MR) is 84.1 cm³/mol. The lowest BCUT2D eigenvalue weighted by molar-refractivity contribution is 0.394. The maximum Gasteiger partial charge on any atom is 0.124 e. The molecular weight excluding hydrogens is 270 g/mol. The number of benzene rings is 1. The standard InChI is InChI=1S/C16H21NO2S/c1-5-17-15(16-11(2)8-9-20-16)13-10-12(18-3)6-7-14(13)19-4/h6-10,15,17H,5H2,1-4H3. The fraction of sp³-hybridized carbons (Fsp3) is 0.375. The van der Waals surface area contributed by atoms with Crippen molar-refractivity contribution in [3.05, 3.63) is 45.6 Å². The van der Waals surface area contributed by atoms with E-state index in [0.717, 1.165) is 23.6 Å². The van der Waals surface area contributed by atoms with E-state index < -0.39 is 0 Å². The second kappa shape index (κ2) is 6.77. The molecule has 1 N–H and O–H groups in total. The van der Waals surface area contributed by atoms with Crippen molar-refractivity contribution in [2.75, 3.05) is 20.8 Å². The molecule has 4 heteroatoms. The summed E-state index contributed by atoms with van der Waals surface area (Å²) >= 11 is 1.77. The average Bonchev–Trinajstić information content (AvgIpc) is 2.90. The Kier molecular flexibility index (Phi) is 5.04. The number of methoxy groups -OCH3 is 2. The van der Waals surface area contributed by atoms with Crippen molar-refractivity contribution in [3.8, 4) is 11.5 Å². The molecule has 1 aromatic carbocycles. The van der Waals surface area contributed by atoms with Gasteiger partial charge >= 0.3 is 0 Å². The number of hydrogen-bond donors (Lipinski definition) is 1. The number of hydrogen-bond acceptors (Lipinski definition) is 4. The van der Waals surface area contributed by atoms with E-state index in [1.54, 1.807) is 25.6 Å². The van der Waals surface area contributed by atoms with E-state index in [2.05, 4.69) is 30.6 Å². The van der Waals surface area contributed by atoms with Gasteiger partial charge in [-0.15, -0.1) is 11.3 Å². The Labute approximate surface area is 124 Å². The molecule has 0 bridgehead atoms. The Morgan fingerprint density at radius 2 is 2.00 bits per heavy atom. The van der Waals surface area contributed by atoms with Crippen LogP contribution in [0.4, 0.5) is 0 Å². The molecule has 0 aliphatic rings. The predicted octanol–water partition coefficient (Wildman–Crippen LogP) is 3.77. The molecule has 1 heterocycles. The minimum absolute atomic E-state index is 0.130. The molecule has 1 unspecified atom stereocenters. The molecule has 0 radical (unpaired) electrons. The third-order valence-electron chi connectivity index (χ3n) is 3.32. The summed E-state index contributed by atoms with van der Waals surface area (Å²) in [5.74, 6) is 1.72. The van der Waals surface area contributed by atoms with Crippen LogP contribution < -0.4 is 14.8 Å². The quantitative estimate of drug-likeness (QED) is 0.878. The van der Waals surface area contributed by atoms with Crippen LogP contribution in [-0.4, -0.2) is 20.8 Å². The van der Waals surface area contributed by atoms with Gasteiger partial charge in [0.2, 0.25) is 0 Å². The van der Waals surface area contributed by atoms with Crippen LogP contribution in [0.5, 0.6) is 11.5 Å². The van der Waals surface area contributed by atoms with Gasteiger partial charge in [-0.3, -0.25) is 0 Å². The van der Waals surface area contributed by atoms with Crippen molar-refractivity contribution in [1.82, 2.24) is 5.32 Å². The summed E-state index contributed by atoms with van der Waals surface area (Å²) in [5.41, 5.74) is 2.41. The summed E-state index contributed by atoms with van der Waals surface area (Å²) in [6.45, 7) is 5.15. The molecule has 0 saturated carbocycles. The zero-order valence-corrected chi connectivity index (χ0v) is 13.2. The molecular formula is C16H21NO2S. The molecule has 108 valence electrons. The Bertz CT molecular complexity index is 565. The van der Waals surface area contributed by atoms with Crippen molar-refractivity contribution in [2.24, 2.45) is 0 Å². The van der Waals surface area contributed by atoms with Crippen LogP contribution in [0.15, 0.2) is 29.6 Å². The normalized spacial score (nSPS) is 12.2. The van der Waals surface area contributed by atoms with Gasteiger partial charge in [0.15, 0.2) is 0 Å². The Morgan fingerprint density at radius 1 is 1.20 bits per heavy atom. The van der Waals surface area contributed by atoms with Gasteiger partial charge in [-0.05, 0) is 48.7 Å². The molecule has 2 aromatic rings. The Balaban J connectivity index is 2.50. The monoisotopic (exact) mass is 291 g/mol. The van der Waals surface area contributed by atoms with E-state index in [1.165, 1.54) is 10.4 Å². The van der Waals surface area contributed by atoms with E-state index in [-0.39, 0.29) is 6.04 Å². The lowest BCUT2D eigenvalue weighted by atomic mass is 10.0. The lowest BCUT2D eigenvalue weighted by Gasteiger charge is -2.21. The van der Waals surface area contributed by atoms with Crippen molar-refractivity contribution < 1.29 is 9.47 Å². The molecule has 0 fully saturated rings. The van der Waals surface area contributed by atoms with Gasteiger partial charge in [0, 0.05) is 10.4 Å². The third-order valence-corrected chi connectivity index (χ3v) is 4.40. The summed E-state index contributed by atoms with van der Waals surface area (Å²) in [4.78, 5) is 1.32. The van der Waals surface area contributed by atoms with Gasteiger partial charge in [-0.25, -0.2) is 0 Å². The fourth-order valence-corrected chi connectivity index (χ4v) is 3.31. The molecule has 0 amide bonds. The highest BCUT2D eigenvalue weighted by Crippen LogP contribution is 2.36. The summed E-state index contributed by atoms with van der Waals surface area (Å²) in [5, 5.41) is 5.67. The Morgan fingerprint density at radius 3 is 2.55 bits per heavy atom. The van der Waals surface area contributed by atoms with E-state index in [4.69, 9.17) is 9.47 Å². The largest absolute Gasteiger partial charge is 0.497 e. The second-order valence-electron chi connectivity index (χ2n) is 4.57. The first-order valence-electron chi connectivity index (χ1n) is 6.70. The first-order chi connectivity index (χ1) is 9.71. The highest BCUT2D eigenvalue weighted by atomic mass is 32.1. The van der Waals surface area contributed by atoms with Crippen molar-refractivity contribution in [3.63, 3.8) is 0 Å². The van der Waals surface area contributed by atoms with E-state index in [9.17, 15) is 0 Å². The van der Waals surface area contributed by atoms with Gasteiger partial charge in [0.25, 0.3) is 0 Å². The van der Waals surface area contributed by atoms with Crippen LogP contribution >= 0.6 is 11.3 Å². The molecule has 0 spiro atoms. The molecule has 0 aliphatic heterocycles. The van der Waals surface area contributed by atoms with E-state index in [0.29, 0.717) is 0 Å². The summed E-state index contributed by atoms with van der Waals surface area (Å²) in [6.07, 6.45) is 0. The number of ether oxygens (including phenoxy) is 2. The number of thiophene rings is 1. The molecule has 1 atom stereocenters.